The first-order valence-electron chi connectivity index (χ1n) is 6.11. The molecule has 0 aromatic heterocycles. The summed E-state index contributed by atoms with van der Waals surface area (Å²) in [6.07, 6.45) is 0.462. The SMILES string of the molecule is O=NC(Cl)Cc1ccc(NCc2ccccc2)cc1. The van der Waals surface area contributed by atoms with Gasteiger partial charge in [0.25, 0.3) is 0 Å². The largest absolute Gasteiger partial charge is 0.381 e. The summed E-state index contributed by atoms with van der Waals surface area (Å²) in [5.41, 5.74) is 2.59. The van der Waals surface area contributed by atoms with Crippen molar-refractivity contribution in [2.24, 2.45) is 5.18 Å². The predicted molar refractivity (Wildman–Crippen MR) is 79.4 cm³/mol. The highest BCUT2D eigenvalue weighted by molar-refractivity contribution is 6.20. The second kappa shape index (κ2) is 6.90. The number of hydrogen-bond donors (Lipinski definition) is 1. The van der Waals surface area contributed by atoms with E-state index in [0.29, 0.717) is 6.42 Å². The van der Waals surface area contributed by atoms with Crippen molar-refractivity contribution < 1.29 is 0 Å². The van der Waals surface area contributed by atoms with Crippen LogP contribution in [0.3, 0.4) is 0 Å². The van der Waals surface area contributed by atoms with Gasteiger partial charge >= 0.3 is 0 Å². The molecular formula is C15H15ClN2O. The van der Waals surface area contributed by atoms with Crippen LogP contribution >= 0.6 is 11.6 Å². The van der Waals surface area contributed by atoms with E-state index in [-0.39, 0.29) is 0 Å². The lowest BCUT2D eigenvalue weighted by Crippen LogP contribution is -2.01. The number of anilines is 1. The molecule has 2 rings (SSSR count). The van der Waals surface area contributed by atoms with Gasteiger partial charge in [0.15, 0.2) is 5.50 Å². The van der Waals surface area contributed by atoms with Crippen LogP contribution in [0, 0.1) is 4.91 Å². The van der Waals surface area contributed by atoms with Crippen molar-refractivity contribution in [2.75, 3.05) is 5.32 Å². The van der Waals surface area contributed by atoms with E-state index in [1.54, 1.807) is 0 Å². The van der Waals surface area contributed by atoms with Crippen LogP contribution in [0.25, 0.3) is 0 Å². The Morgan fingerprint density at radius 1 is 1.00 bits per heavy atom. The molecule has 1 N–H and O–H groups in total. The van der Waals surface area contributed by atoms with Gasteiger partial charge in [0.1, 0.15) is 0 Å². The highest BCUT2D eigenvalue weighted by atomic mass is 35.5. The van der Waals surface area contributed by atoms with Gasteiger partial charge in [-0.3, -0.25) is 0 Å². The first kappa shape index (κ1) is 13.6. The minimum absolute atomic E-state index is 0.462. The molecule has 4 heteroatoms. The summed E-state index contributed by atoms with van der Waals surface area (Å²) in [6, 6.07) is 18.1. The number of nitroso groups, excluding NO2 is 1. The molecule has 1 unspecified atom stereocenters. The van der Waals surface area contributed by atoms with Crippen molar-refractivity contribution >= 4 is 17.3 Å². The molecule has 0 heterocycles. The Morgan fingerprint density at radius 2 is 1.68 bits per heavy atom. The average Bonchev–Trinajstić information content (AvgIpc) is 2.47. The fraction of sp³-hybridized carbons (Fsp3) is 0.200. The molecular weight excluding hydrogens is 260 g/mol. The number of hydrogen-bond acceptors (Lipinski definition) is 3. The van der Waals surface area contributed by atoms with Gasteiger partial charge in [0.05, 0.1) is 0 Å². The summed E-state index contributed by atoms with van der Waals surface area (Å²) in [5.74, 6) is 0. The Morgan fingerprint density at radius 3 is 2.32 bits per heavy atom. The molecule has 0 aliphatic carbocycles. The molecule has 0 aliphatic heterocycles. The lowest BCUT2D eigenvalue weighted by atomic mass is 10.1. The third-order valence-corrected chi connectivity index (χ3v) is 3.05. The molecule has 19 heavy (non-hydrogen) atoms. The van der Waals surface area contributed by atoms with Crippen molar-refractivity contribution in [3.63, 3.8) is 0 Å². The molecule has 0 aliphatic rings. The lowest BCUT2D eigenvalue weighted by molar-refractivity contribution is 0.883. The number of benzene rings is 2. The third-order valence-electron chi connectivity index (χ3n) is 2.81. The van der Waals surface area contributed by atoms with Crippen molar-refractivity contribution in [3.8, 4) is 0 Å². The highest BCUT2D eigenvalue weighted by Gasteiger charge is 2.04. The molecule has 1 atom stereocenters. The molecule has 2 aromatic carbocycles. The molecule has 0 saturated carbocycles. The minimum atomic E-state index is -0.692. The van der Waals surface area contributed by atoms with E-state index in [1.165, 1.54) is 5.56 Å². The normalized spacial score (nSPS) is 11.8. The maximum Gasteiger partial charge on any atom is 0.169 e. The topological polar surface area (TPSA) is 41.5 Å². The predicted octanol–water partition coefficient (Wildman–Crippen LogP) is 4.17. The molecule has 0 bridgehead atoms. The van der Waals surface area contributed by atoms with E-state index in [1.807, 2.05) is 42.5 Å². The maximum absolute atomic E-state index is 10.2. The standard InChI is InChI=1S/C15H15ClN2O/c16-15(18-19)10-12-6-8-14(9-7-12)17-11-13-4-2-1-3-5-13/h1-9,15,17H,10-11H2. The first-order chi connectivity index (χ1) is 9.28. The van der Waals surface area contributed by atoms with Gasteiger partial charge in [-0.1, -0.05) is 54.1 Å². The maximum atomic E-state index is 10.2. The van der Waals surface area contributed by atoms with Crippen LogP contribution in [0.4, 0.5) is 5.69 Å². The zero-order valence-electron chi connectivity index (χ0n) is 10.4. The van der Waals surface area contributed by atoms with E-state index >= 15 is 0 Å². The number of rotatable bonds is 6. The van der Waals surface area contributed by atoms with Crippen molar-refractivity contribution in [1.82, 2.24) is 0 Å². The summed E-state index contributed by atoms with van der Waals surface area (Å²) < 4.78 is 0. The fourth-order valence-corrected chi connectivity index (χ4v) is 1.97. The smallest absolute Gasteiger partial charge is 0.169 e. The lowest BCUT2D eigenvalue weighted by Gasteiger charge is -2.08. The van der Waals surface area contributed by atoms with Gasteiger partial charge in [-0.15, -0.1) is 4.91 Å². The minimum Gasteiger partial charge on any atom is -0.381 e. The molecule has 0 radical (unpaired) electrons. The van der Waals surface area contributed by atoms with Gasteiger partial charge in [-0.2, -0.15) is 0 Å². The van der Waals surface area contributed by atoms with Crippen LogP contribution in [-0.4, -0.2) is 5.50 Å². The van der Waals surface area contributed by atoms with Gasteiger partial charge in [0.2, 0.25) is 0 Å². The van der Waals surface area contributed by atoms with Gasteiger partial charge in [-0.25, -0.2) is 0 Å². The summed E-state index contributed by atoms with van der Waals surface area (Å²) in [4.78, 5) is 10.2. The van der Waals surface area contributed by atoms with Crippen LogP contribution in [0.5, 0.6) is 0 Å². The van der Waals surface area contributed by atoms with Crippen LogP contribution in [-0.2, 0) is 13.0 Å². The summed E-state index contributed by atoms with van der Waals surface area (Å²) in [7, 11) is 0. The van der Waals surface area contributed by atoms with E-state index in [4.69, 9.17) is 11.6 Å². The van der Waals surface area contributed by atoms with Crippen molar-refractivity contribution in [2.45, 2.75) is 18.5 Å². The summed E-state index contributed by atoms with van der Waals surface area (Å²) in [6.45, 7) is 0.786. The van der Waals surface area contributed by atoms with E-state index in [9.17, 15) is 4.91 Å². The Bertz CT molecular complexity index is 513. The summed E-state index contributed by atoms with van der Waals surface area (Å²) in [5, 5.41) is 6.12. The van der Waals surface area contributed by atoms with E-state index < -0.39 is 5.50 Å². The molecule has 3 nitrogen and oxygen atoms in total. The second-order valence-corrected chi connectivity index (χ2v) is 4.78. The average molecular weight is 275 g/mol. The number of nitrogens with zero attached hydrogens (tertiary/aromatic N) is 1. The number of nitrogens with one attached hydrogen (secondary N) is 1. The van der Waals surface area contributed by atoms with Crippen molar-refractivity contribution in [1.29, 1.82) is 0 Å². The number of alkyl halides is 1. The molecule has 0 amide bonds. The Labute approximate surface area is 117 Å². The van der Waals surface area contributed by atoms with Gasteiger partial charge in [-0.05, 0) is 28.4 Å². The molecule has 98 valence electrons. The van der Waals surface area contributed by atoms with E-state index in [0.717, 1.165) is 17.8 Å². The highest BCUT2D eigenvalue weighted by Crippen LogP contribution is 2.14. The third kappa shape index (κ3) is 4.38. The second-order valence-electron chi connectivity index (χ2n) is 4.28. The quantitative estimate of drug-likeness (QED) is 0.488. The first-order valence-corrected chi connectivity index (χ1v) is 6.55. The number of halogens is 1. The van der Waals surface area contributed by atoms with Gasteiger partial charge in [0, 0.05) is 18.7 Å². The van der Waals surface area contributed by atoms with Crippen molar-refractivity contribution in [3.05, 3.63) is 70.6 Å². The molecule has 0 fully saturated rings. The van der Waals surface area contributed by atoms with Crippen LogP contribution in [0.1, 0.15) is 11.1 Å². The van der Waals surface area contributed by atoms with Crippen LogP contribution in [0.2, 0.25) is 0 Å². The zero-order chi connectivity index (χ0) is 13.5. The molecule has 2 aromatic rings. The molecule has 0 spiro atoms. The zero-order valence-corrected chi connectivity index (χ0v) is 11.2. The van der Waals surface area contributed by atoms with Gasteiger partial charge < -0.3 is 5.32 Å². The fourth-order valence-electron chi connectivity index (χ4n) is 1.79. The summed E-state index contributed by atoms with van der Waals surface area (Å²) >= 11 is 5.69. The monoisotopic (exact) mass is 274 g/mol. The van der Waals surface area contributed by atoms with Crippen LogP contribution < -0.4 is 5.32 Å². The Hall–Kier alpha value is -1.87. The Kier molecular flexibility index (Phi) is 4.93. The van der Waals surface area contributed by atoms with Crippen LogP contribution in [0.15, 0.2) is 59.8 Å². The molecule has 0 saturated heterocycles. The Balaban J connectivity index is 1.90. The van der Waals surface area contributed by atoms with E-state index in [2.05, 4.69) is 22.6 Å².